The summed E-state index contributed by atoms with van der Waals surface area (Å²) in [5.41, 5.74) is 0.940. The fraction of sp³-hybridized carbons (Fsp3) is 0.200. The summed E-state index contributed by atoms with van der Waals surface area (Å²) >= 11 is 0. The Kier molecular flexibility index (Phi) is 2.47. The van der Waals surface area contributed by atoms with Crippen LogP contribution < -0.4 is 5.32 Å². The van der Waals surface area contributed by atoms with Gasteiger partial charge >= 0.3 is 0 Å². The van der Waals surface area contributed by atoms with Crippen molar-refractivity contribution < 1.29 is 9.18 Å². The number of halogens is 1. The highest BCUT2D eigenvalue weighted by Crippen LogP contribution is 2.17. The molecule has 0 unspecified atom stereocenters. The molecular formula is C10H10FN3O. The third-order valence-electron chi connectivity index (χ3n) is 2.13. The number of benzene rings is 1. The third-order valence-corrected chi connectivity index (χ3v) is 2.13. The number of rotatable bonds is 3. The highest BCUT2D eigenvalue weighted by molar-refractivity contribution is 6.06. The zero-order valence-corrected chi connectivity index (χ0v) is 8.17. The first-order valence-corrected chi connectivity index (χ1v) is 4.54. The Balaban J connectivity index is 2.52. The summed E-state index contributed by atoms with van der Waals surface area (Å²) in [4.78, 5) is 11.6. The Morgan fingerprint density at radius 3 is 3.13 bits per heavy atom. The highest BCUT2D eigenvalue weighted by atomic mass is 19.1. The summed E-state index contributed by atoms with van der Waals surface area (Å²) in [6.45, 7) is 0.191. The molecule has 0 amide bonds. The van der Waals surface area contributed by atoms with Crippen LogP contribution in [0.5, 0.6) is 0 Å². The van der Waals surface area contributed by atoms with E-state index >= 15 is 0 Å². The van der Waals surface area contributed by atoms with E-state index in [1.807, 2.05) is 0 Å². The number of hydrogen-bond donors (Lipinski definition) is 2. The van der Waals surface area contributed by atoms with E-state index < -0.39 is 0 Å². The summed E-state index contributed by atoms with van der Waals surface area (Å²) < 4.78 is 13.0. The molecule has 2 N–H and O–H groups in total. The molecule has 15 heavy (non-hydrogen) atoms. The molecule has 2 aromatic rings. The molecule has 1 heterocycles. The van der Waals surface area contributed by atoms with Gasteiger partial charge < -0.3 is 5.32 Å². The number of carbonyl (C=O) groups is 1. The van der Waals surface area contributed by atoms with Gasteiger partial charge in [0.15, 0.2) is 5.78 Å². The molecule has 0 aliphatic rings. The lowest BCUT2D eigenvalue weighted by Gasteiger charge is -1.96. The van der Waals surface area contributed by atoms with Crippen molar-refractivity contribution in [3.8, 4) is 0 Å². The van der Waals surface area contributed by atoms with Crippen LogP contribution >= 0.6 is 0 Å². The number of aromatic nitrogens is 2. The van der Waals surface area contributed by atoms with Gasteiger partial charge in [0, 0.05) is 5.39 Å². The average molecular weight is 207 g/mol. The number of nitrogens with one attached hydrogen (secondary N) is 2. The first-order valence-electron chi connectivity index (χ1n) is 4.54. The molecule has 0 bridgehead atoms. The first-order chi connectivity index (χ1) is 7.22. The van der Waals surface area contributed by atoms with Crippen LogP contribution in [-0.2, 0) is 0 Å². The Hall–Kier alpha value is -1.75. The van der Waals surface area contributed by atoms with Crippen LogP contribution in [0, 0.1) is 5.82 Å². The summed E-state index contributed by atoms with van der Waals surface area (Å²) in [6.07, 6.45) is 0. The maximum Gasteiger partial charge on any atom is 0.197 e. The molecule has 0 radical (unpaired) electrons. The minimum absolute atomic E-state index is 0.158. The Morgan fingerprint density at radius 1 is 1.60 bits per heavy atom. The maximum absolute atomic E-state index is 13.0. The fourth-order valence-corrected chi connectivity index (χ4v) is 1.44. The van der Waals surface area contributed by atoms with Gasteiger partial charge in [0.05, 0.1) is 12.1 Å². The van der Waals surface area contributed by atoms with Crippen molar-refractivity contribution in [2.75, 3.05) is 13.6 Å². The lowest BCUT2D eigenvalue weighted by Crippen LogP contribution is -2.19. The maximum atomic E-state index is 13.0. The number of aromatic amines is 1. The molecule has 0 atom stereocenters. The van der Waals surface area contributed by atoms with Crippen molar-refractivity contribution >= 4 is 16.7 Å². The minimum atomic E-state index is -0.373. The number of ketones is 1. The number of fused-ring (bicyclic) bond motifs is 1. The molecule has 4 nitrogen and oxygen atoms in total. The van der Waals surface area contributed by atoms with E-state index in [-0.39, 0.29) is 23.8 Å². The van der Waals surface area contributed by atoms with Crippen molar-refractivity contribution in [2.24, 2.45) is 0 Å². The molecule has 2 rings (SSSR count). The fourth-order valence-electron chi connectivity index (χ4n) is 1.44. The number of carbonyl (C=O) groups excluding carboxylic acids is 1. The van der Waals surface area contributed by atoms with Crippen LogP contribution in [-0.4, -0.2) is 29.6 Å². The Bertz CT molecular complexity index is 506. The van der Waals surface area contributed by atoms with Gasteiger partial charge in [0.1, 0.15) is 11.5 Å². The van der Waals surface area contributed by atoms with E-state index in [1.165, 1.54) is 12.1 Å². The monoisotopic (exact) mass is 207 g/mol. The zero-order chi connectivity index (χ0) is 10.8. The standard InChI is InChI=1S/C10H10FN3O/c1-12-5-9(15)10-7-4-6(11)2-3-8(7)13-14-10/h2-4,12H,5H2,1H3,(H,13,14). The summed E-state index contributed by atoms with van der Waals surface area (Å²) in [6, 6.07) is 4.20. The Morgan fingerprint density at radius 2 is 2.40 bits per heavy atom. The second-order valence-electron chi connectivity index (χ2n) is 3.22. The molecule has 0 spiro atoms. The summed E-state index contributed by atoms with van der Waals surface area (Å²) in [7, 11) is 1.67. The van der Waals surface area contributed by atoms with Crippen molar-refractivity contribution in [3.63, 3.8) is 0 Å². The van der Waals surface area contributed by atoms with Crippen molar-refractivity contribution in [3.05, 3.63) is 29.7 Å². The predicted molar refractivity (Wildman–Crippen MR) is 54.3 cm³/mol. The molecule has 0 aliphatic carbocycles. The van der Waals surface area contributed by atoms with E-state index in [2.05, 4.69) is 15.5 Å². The van der Waals surface area contributed by atoms with Gasteiger partial charge in [-0.05, 0) is 25.2 Å². The lowest BCUT2D eigenvalue weighted by atomic mass is 10.1. The predicted octanol–water partition coefficient (Wildman–Crippen LogP) is 1.10. The third kappa shape index (κ3) is 1.73. The number of nitrogens with zero attached hydrogens (tertiary/aromatic N) is 1. The topological polar surface area (TPSA) is 57.8 Å². The molecule has 1 aromatic heterocycles. The molecule has 1 aromatic carbocycles. The van der Waals surface area contributed by atoms with Crippen LogP contribution in [0.4, 0.5) is 4.39 Å². The largest absolute Gasteiger partial charge is 0.313 e. The molecule has 5 heteroatoms. The zero-order valence-electron chi connectivity index (χ0n) is 8.17. The van der Waals surface area contributed by atoms with Gasteiger partial charge in [-0.15, -0.1) is 0 Å². The number of likely N-dealkylation sites (N-methyl/N-ethyl adjacent to an activating group) is 1. The Labute approximate surface area is 85.5 Å². The van der Waals surface area contributed by atoms with Crippen LogP contribution in [0.25, 0.3) is 10.9 Å². The van der Waals surface area contributed by atoms with Crippen LogP contribution in [0.1, 0.15) is 10.5 Å². The second-order valence-corrected chi connectivity index (χ2v) is 3.22. The molecule has 0 fully saturated rings. The lowest BCUT2D eigenvalue weighted by molar-refractivity contribution is 0.0990. The van der Waals surface area contributed by atoms with Gasteiger partial charge in [-0.2, -0.15) is 5.10 Å². The van der Waals surface area contributed by atoms with Crippen molar-refractivity contribution in [2.45, 2.75) is 0 Å². The smallest absolute Gasteiger partial charge is 0.197 e. The quantitative estimate of drug-likeness (QED) is 0.741. The number of H-pyrrole nitrogens is 1. The van der Waals surface area contributed by atoms with E-state index in [4.69, 9.17) is 0 Å². The summed E-state index contributed by atoms with van der Waals surface area (Å²) in [5, 5.41) is 9.82. The SMILES string of the molecule is CNCC(=O)c1n[nH]c2ccc(F)cc12. The minimum Gasteiger partial charge on any atom is -0.313 e. The van der Waals surface area contributed by atoms with E-state index in [9.17, 15) is 9.18 Å². The number of hydrogen-bond acceptors (Lipinski definition) is 3. The van der Waals surface area contributed by atoms with Crippen molar-refractivity contribution in [1.29, 1.82) is 0 Å². The van der Waals surface area contributed by atoms with Gasteiger partial charge in [-0.1, -0.05) is 0 Å². The van der Waals surface area contributed by atoms with E-state index in [0.29, 0.717) is 10.9 Å². The highest BCUT2D eigenvalue weighted by Gasteiger charge is 2.13. The normalized spacial score (nSPS) is 10.8. The number of Topliss-reactive ketones (excluding diaryl/α,β-unsaturated/α-hetero) is 1. The van der Waals surface area contributed by atoms with Crippen LogP contribution in [0.3, 0.4) is 0 Å². The summed E-state index contributed by atoms with van der Waals surface area (Å²) in [5.74, 6) is -0.531. The first kappa shape index (κ1) is 9.79. The average Bonchev–Trinajstić information content (AvgIpc) is 2.60. The van der Waals surface area contributed by atoms with Gasteiger partial charge in [-0.3, -0.25) is 9.89 Å². The van der Waals surface area contributed by atoms with Gasteiger partial charge in [0.2, 0.25) is 0 Å². The molecular weight excluding hydrogens is 197 g/mol. The second kappa shape index (κ2) is 3.78. The molecule has 0 saturated carbocycles. The van der Waals surface area contributed by atoms with Gasteiger partial charge in [0.25, 0.3) is 0 Å². The van der Waals surface area contributed by atoms with Crippen LogP contribution in [0.2, 0.25) is 0 Å². The molecule has 78 valence electrons. The van der Waals surface area contributed by atoms with E-state index in [0.717, 1.165) is 0 Å². The van der Waals surface area contributed by atoms with Crippen molar-refractivity contribution in [1.82, 2.24) is 15.5 Å². The van der Waals surface area contributed by atoms with Crippen LogP contribution in [0.15, 0.2) is 18.2 Å². The van der Waals surface area contributed by atoms with Gasteiger partial charge in [-0.25, -0.2) is 4.39 Å². The molecule has 0 saturated heterocycles. The van der Waals surface area contributed by atoms with E-state index in [1.54, 1.807) is 13.1 Å². The molecule has 0 aliphatic heterocycles.